The van der Waals surface area contributed by atoms with Crippen molar-refractivity contribution in [2.24, 2.45) is 0 Å². The number of nitrogens with one attached hydrogen (secondary N) is 1. The van der Waals surface area contributed by atoms with E-state index in [0.29, 0.717) is 12.1 Å². The van der Waals surface area contributed by atoms with E-state index >= 15 is 0 Å². The van der Waals surface area contributed by atoms with Crippen molar-refractivity contribution in [1.82, 2.24) is 10.3 Å². The van der Waals surface area contributed by atoms with E-state index < -0.39 is 11.6 Å². The van der Waals surface area contributed by atoms with Crippen LogP contribution in [0.2, 0.25) is 0 Å². The maximum atomic E-state index is 13.5. The normalized spacial score (nSPS) is 12.4. The summed E-state index contributed by atoms with van der Waals surface area (Å²) in [4.78, 5) is 4.42. The van der Waals surface area contributed by atoms with Crippen LogP contribution in [0.15, 0.2) is 36.5 Å². The number of pyridine rings is 1. The summed E-state index contributed by atoms with van der Waals surface area (Å²) in [6, 6.07) is 7.65. The molecule has 1 N–H and O–H groups in total. The lowest BCUT2D eigenvalue weighted by molar-refractivity contribution is 0.503. The summed E-state index contributed by atoms with van der Waals surface area (Å²) >= 11 is 0. The van der Waals surface area contributed by atoms with Crippen molar-refractivity contribution in [3.63, 3.8) is 0 Å². The molecule has 1 heterocycles. The third-order valence-corrected chi connectivity index (χ3v) is 3.27. The monoisotopic (exact) mass is 276 g/mol. The molecule has 0 spiro atoms. The Morgan fingerprint density at radius 1 is 1.15 bits per heavy atom. The lowest BCUT2D eigenvalue weighted by atomic mass is 9.98. The van der Waals surface area contributed by atoms with Gasteiger partial charge in [-0.15, -0.1) is 0 Å². The fourth-order valence-corrected chi connectivity index (χ4v) is 2.28. The number of hydrogen-bond donors (Lipinski definition) is 1. The average molecular weight is 276 g/mol. The lowest BCUT2D eigenvalue weighted by Gasteiger charge is -2.20. The highest BCUT2D eigenvalue weighted by molar-refractivity contribution is 5.33. The Morgan fingerprint density at radius 2 is 1.95 bits per heavy atom. The van der Waals surface area contributed by atoms with Crippen LogP contribution in [0.3, 0.4) is 0 Å². The molecule has 0 saturated heterocycles. The average Bonchev–Trinajstić information content (AvgIpc) is 2.48. The van der Waals surface area contributed by atoms with Crippen molar-refractivity contribution in [1.29, 1.82) is 0 Å². The van der Waals surface area contributed by atoms with Gasteiger partial charge >= 0.3 is 0 Å². The highest BCUT2D eigenvalue weighted by Gasteiger charge is 2.18. The number of hydrogen-bond acceptors (Lipinski definition) is 2. The number of halogens is 2. The molecule has 1 aromatic heterocycles. The molecule has 20 heavy (non-hydrogen) atoms. The van der Waals surface area contributed by atoms with Gasteiger partial charge in [0.1, 0.15) is 0 Å². The second-order valence-corrected chi connectivity index (χ2v) is 4.57. The molecule has 0 amide bonds. The van der Waals surface area contributed by atoms with Crippen molar-refractivity contribution >= 4 is 0 Å². The molecule has 0 saturated carbocycles. The summed E-state index contributed by atoms with van der Waals surface area (Å²) < 4.78 is 26.5. The van der Waals surface area contributed by atoms with Gasteiger partial charge in [-0.3, -0.25) is 4.98 Å². The van der Waals surface area contributed by atoms with E-state index in [0.717, 1.165) is 23.7 Å². The summed E-state index contributed by atoms with van der Waals surface area (Å²) in [6.45, 7) is 4.74. The minimum absolute atomic E-state index is 0.230. The maximum absolute atomic E-state index is 13.5. The van der Waals surface area contributed by atoms with Crippen LogP contribution in [0.25, 0.3) is 0 Å². The molecule has 1 unspecified atom stereocenters. The number of aryl methyl sites for hydroxylation is 1. The van der Waals surface area contributed by atoms with Crippen LogP contribution in [-0.4, -0.2) is 11.5 Å². The van der Waals surface area contributed by atoms with Crippen molar-refractivity contribution in [3.05, 3.63) is 65.0 Å². The van der Waals surface area contributed by atoms with Gasteiger partial charge in [0.25, 0.3) is 0 Å². The van der Waals surface area contributed by atoms with Gasteiger partial charge in [0.05, 0.1) is 11.7 Å². The minimum atomic E-state index is -0.834. The second kappa shape index (κ2) is 6.57. The largest absolute Gasteiger partial charge is 0.305 e. The van der Waals surface area contributed by atoms with E-state index in [9.17, 15) is 8.78 Å². The number of benzene rings is 1. The Hall–Kier alpha value is -1.81. The zero-order valence-corrected chi connectivity index (χ0v) is 11.7. The first kappa shape index (κ1) is 14.6. The van der Waals surface area contributed by atoms with Gasteiger partial charge in [-0.25, -0.2) is 8.78 Å². The van der Waals surface area contributed by atoms with Crippen LogP contribution < -0.4 is 5.32 Å². The number of nitrogens with zero attached hydrogens (tertiary/aromatic N) is 1. The van der Waals surface area contributed by atoms with Gasteiger partial charge in [-0.1, -0.05) is 26.0 Å². The van der Waals surface area contributed by atoms with Crippen molar-refractivity contribution < 1.29 is 8.78 Å². The molecule has 1 atom stereocenters. The Balaban J connectivity index is 2.47. The third-order valence-electron chi connectivity index (χ3n) is 3.27. The molecule has 0 aliphatic heterocycles. The molecule has 106 valence electrons. The maximum Gasteiger partial charge on any atom is 0.159 e. The van der Waals surface area contributed by atoms with E-state index in [2.05, 4.69) is 17.2 Å². The molecular weight excluding hydrogens is 258 g/mol. The third kappa shape index (κ3) is 3.02. The zero-order valence-electron chi connectivity index (χ0n) is 11.7. The first-order valence-corrected chi connectivity index (χ1v) is 6.79. The van der Waals surface area contributed by atoms with Crippen molar-refractivity contribution in [2.75, 3.05) is 6.54 Å². The molecule has 0 radical (unpaired) electrons. The molecular formula is C16H18F2N2. The van der Waals surface area contributed by atoms with Crippen LogP contribution in [0.4, 0.5) is 8.78 Å². The lowest BCUT2D eigenvalue weighted by Crippen LogP contribution is -2.24. The predicted octanol–water partition coefficient (Wildman–Crippen LogP) is 3.62. The zero-order chi connectivity index (χ0) is 14.5. The molecule has 2 aromatic rings. The Kier molecular flexibility index (Phi) is 4.79. The summed E-state index contributed by atoms with van der Waals surface area (Å²) in [5.41, 5.74) is 2.64. The molecule has 2 rings (SSSR count). The van der Waals surface area contributed by atoms with Gasteiger partial charge in [-0.2, -0.15) is 0 Å². The highest BCUT2D eigenvalue weighted by Crippen LogP contribution is 2.25. The van der Waals surface area contributed by atoms with E-state index in [1.165, 1.54) is 6.07 Å². The van der Waals surface area contributed by atoms with Crippen molar-refractivity contribution in [3.8, 4) is 0 Å². The van der Waals surface area contributed by atoms with E-state index in [4.69, 9.17) is 0 Å². The number of rotatable bonds is 5. The summed E-state index contributed by atoms with van der Waals surface area (Å²) in [6.07, 6.45) is 2.56. The fraction of sp³-hybridized carbons (Fsp3) is 0.312. The predicted molar refractivity (Wildman–Crippen MR) is 75.5 cm³/mol. The smallest absolute Gasteiger partial charge is 0.159 e. The van der Waals surface area contributed by atoms with Crippen LogP contribution in [0, 0.1) is 11.6 Å². The van der Waals surface area contributed by atoms with Gasteiger partial charge in [0, 0.05) is 6.20 Å². The Labute approximate surface area is 117 Å². The van der Waals surface area contributed by atoms with Crippen LogP contribution in [0.1, 0.15) is 36.7 Å². The summed E-state index contributed by atoms with van der Waals surface area (Å²) in [7, 11) is 0. The quantitative estimate of drug-likeness (QED) is 0.902. The molecule has 0 fully saturated rings. The van der Waals surface area contributed by atoms with E-state index in [1.54, 1.807) is 12.3 Å². The molecule has 2 nitrogen and oxygen atoms in total. The van der Waals surface area contributed by atoms with Gasteiger partial charge in [0.15, 0.2) is 11.6 Å². The summed E-state index contributed by atoms with van der Waals surface area (Å²) in [5, 5.41) is 3.28. The molecule has 0 aliphatic carbocycles. The topological polar surface area (TPSA) is 24.9 Å². The van der Waals surface area contributed by atoms with E-state index in [-0.39, 0.29) is 6.04 Å². The van der Waals surface area contributed by atoms with Crippen molar-refractivity contribution in [2.45, 2.75) is 26.3 Å². The van der Waals surface area contributed by atoms with Gasteiger partial charge in [-0.05, 0) is 42.3 Å². The number of aromatic nitrogens is 1. The van der Waals surface area contributed by atoms with E-state index in [1.807, 2.05) is 19.1 Å². The molecule has 0 bridgehead atoms. The molecule has 4 heteroatoms. The van der Waals surface area contributed by atoms with Crippen LogP contribution >= 0.6 is 0 Å². The first-order valence-electron chi connectivity index (χ1n) is 6.79. The van der Waals surface area contributed by atoms with Crippen LogP contribution in [-0.2, 0) is 6.42 Å². The SMILES string of the molecule is CCNC(c1ccc(F)c(F)c1)c1ncccc1CC. The second-order valence-electron chi connectivity index (χ2n) is 4.57. The summed E-state index contributed by atoms with van der Waals surface area (Å²) in [5.74, 6) is -1.67. The highest BCUT2D eigenvalue weighted by atomic mass is 19.2. The first-order chi connectivity index (χ1) is 9.67. The standard InChI is InChI=1S/C16H18F2N2/c1-3-11-6-5-9-20-15(11)16(19-4-2)12-7-8-13(17)14(18)10-12/h5-10,16,19H,3-4H2,1-2H3. The van der Waals surface area contributed by atoms with Crippen LogP contribution in [0.5, 0.6) is 0 Å². The molecule has 1 aromatic carbocycles. The Bertz CT molecular complexity index is 584. The fourth-order valence-electron chi connectivity index (χ4n) is 2.28. The van der Waals surface area contributed by atoms with Gasteiger partial charge in [0.2, 0.25) is 0 Å². The molecule has 0 aliphatic rings. The minimum Gasteiger partial charge on any atom is -0.305 e. The Morgan fingerprint density at radius 3 is 2.60 bits per heavy atom. The van der Waals surface area contributed by atoms with Gasteiger partial charge < -0.3 is 5.32 Å².